The Morgan fingerprint density at radius 1 is 1.52 bits per heavy atom. The maximum Gasteiger partial charge on any atom is 0.262 e. The molecule has 0 spiro atoms. The van der Waals surface area contributed by atoms with Gasteiger partial charge in [0.05, 0.1) is 13.2 Å². The number of nitriles is 1. The van der Waals surface area contributed by atoms with Gasteiger partial charge in [-0.2, -0.15) is 5.26 Å². The van der Waals surface area contributed by atoms with Gasteiger partial charge in [0.2, 0.25) is 0 Å². The molecule has 6 nitrogen and oxygen atoms in total. The van der Waals surface area contributed by atoms with E-state index in [0.29, 0.717) is 18.0 Å². The molecule has 1 N–H and O–H groups in total. The Labute approximate surface area is 146 Å². The van der Waals surface area contributed by atoms with Gasteiger partial charge in [0.25, 0.3) is 5.91 Å². The fourth-order valence-electron chi connectivity index (χ4n) is 2.88. The summed E-state index contributed by atoms with van der Waals surface area (Å²) in [5, 5.41) is 12.1. The van der Waals surface area contributed by atoms with Crippen LogP contribution < -0.4 is 14.8 Å². The van der Waals surface area contributed by atoms with Crippen molar-refractivity contribution in [2.24, 2.45) is 0 Å². The minimum atomic E-state index is -0.393. The highest BCUT2D eigenvalue weighted by atomic mass is 16.5. The lowest BCUT2D eigenvalue weighted by atomic mass is 10.0. The summed E-state index contributed by atoms with van der Waals surface area (Å²) in [4.78, 5) is 12.2. The summed E-state index contributed by atoms with van der Waals surface area (Å²) in [7, 11) is 1.59. The quantitative estimate of drug-likeness (QED) is 0.657. The predicted molar refractivity (Wildman–Crippen MR) is 92.1 cm³/mol. The lowest BCUT2D eigenvalue weighted by Gasteiger charge is -2.18. The van der Waals surface area contributed by atoms with Gasteiger partial charge < -0.3 is 19.5 Å². The first-order valence-electron chi connectivity index (χ1n) is 8.23. The van der Waals surface area contributed by atoms with Crippen molar-refractivity contribution in [2.45, 2.75) is 18.9 Å². The van der Waals surface area contributed by atoms with Gasteiger partial charge in [-0.1, -0.05) is 12.1 Å². The van der Waals surface area contributed by atoms with Gasteiger partial charge in [0.15, 0.2) is 11.5 Å². The number of hydrogen-bond acceptors (Lipinski definition) is 5. The van der Waals surface area contributed by atoms with Crippen LogP contribution in [-0.4, -0.2) is 38.9 Å². The largest absolute Gasteiger partial charge is 0.493 e. The molecule has 1 saturated heterocycles. The normalized spacial score (nSPS) is 19.3. The van der Waals surface area contributed by atoms with E-state index in [1.165, 1.54) is 0 Å². The van der Waals surface area contributed by atoms with Crippen molar-refractivity contribution >= 4 is 12.0 Å². The van der Waals surface area contributed by atoms with Crippen molar-refractivity contribution in [3.63, 3.8) is 0 Å². The number of ether oxygens (including phenoxy) is 3. The molecule has 6 heteroatoms. The number of fused-ring (bicyclic) bond motifs is 1. The second-order valence-corrected chi connectivity index (χ2v) is 5.90. The average Bonchev–Trinajstić information content (AvgIpc) is 3.17. The maximum atomic E-state index is 12.2. The van der Waals surface area contributed by atoms with E-state index in [1.807, 2.05) is 30.3 Å². The van der Waals surface area contributed by atoms with Crippen LogP contribution >= 0.6 is 0 Å². The Bertz CT molecular complexity index is 755. The molecular weight excluding hydrogens is 320 g/mol. The summed E-state index contributed by atoms with van der Waals surface area (Å²) in [5.74, 6) is 0.936. The fraction of sp³-hybridized carbons (Fsp3) is 0.368. The lowest BCUT2D eigenvalue weighted by Crippen LogP contribution is -2.32. The number of rotatable bonds is 5. The molecule has 1 fully saturated rings. The number of carbonyl (C=O) groups excluding carboxylic acids is 1. The van der Waals surface area contributed by atoms with Gasteiger partial charge in [-0.3, -0.25) is 4.79 Å². The average molecular weight is 340 g/mol. The zero-order chi connectivity index (χ0) is 17.6. The molecule has 130 valence electrons. The zero-order valence-electron chi connectivity index (χ0n) is 14.1. The second-order valence-electron chi connectivity index (χ2n) is 5.90. The number of amides is 1. The molecule has 3 rings (SSSR count). The van der Waals surface area contributed by atoms with Crippen LogP contribution in [-0.2, 0) is 9.53 Å². The first-order valence-corrected chi connectivity index (χ1v) is 8.23. The third kappa shape index (κ3) is 4.01. The Morgan fingerprint density at radius 3 is 3.12 bits per heavy atom. The van der Waals surface area contributed by atoms with Crippen LogP contribution in [0.25, 0.3) is 6.08 Å². The second kappa shape index (κ2) is 7.86. The molecule has 25 heavy (non-hydrogen) atoms. The van der Waals surface area contributed by atoms with Crippen LogP contribution in [0.4, 0.5) is 0 Å². The van der Waals surface area contributed by atoms with Gasteiger partial charge in [-0.25, -0.2) is 0 Å². The molecule has 0 bridgehead atoms. The number of nitrogens with zero attached hydrogens (tertiary/aromatic N) is 1. The third-order valence-electron chi connectivity index (χ3n) is 4.16. The lowest BCUT2D eigenvalue weighted by molar-refractivity contribution is -0.117. The fourth-order valence-corrected chi connectivity index (χ4v) is 2.88. The number of nitrogens with one attached hydrogen (secondary N) is 1. The van der Waals surface area contributed by atoms with Gasteiger partial charge in [-0.05, 0) is 36.6 Å². The predicted octanol–water partition coefficient (Wildman–Crippen LogP) is 2.22. The van der Waals surface area contributed by atoms with Crippen LogP contribution in [0.2, 0.25) is 0 Å². The standard InChI is InChI=1S/C19H20N2O4/c1-23-17-6-2-4-14-8-13(12-25-18(14)17)9-15(10-20)19(22)21-11-16-5-3-7-24-16/h2,4,6,8-9,16H,3,5,7,11-12H2,1H3,(H,21,22). The molecule has 1 aromatic carbocycles. The molecule has 1 atom stereocenters. The highest BCUT2D eigenvalue weighted by molar-refractivity contribution is 5.98. The van der Waals surface area contributed by atoms with E-state index >= 15 is 0 Å². The van der Waals surface area contributed by atoms with E-state index in [9.17, 15) is 10.1 Å². The monoisotopic (exact) mass is 340 g/mol. The van der Waals surface area contributed by atoms with E-state index in [2.05, 4.69) is 5.32 Å². The minimum Gasteiger partial charge on any atom is -0.493 e. The first kappa shape index (κ1) is 17.1. The van der Waals surface area contributed by atoms with Crippen LogP contribution in [0.5, 0.6) is 11.5 Å². The molecule has 1 aromatic rings. The van der Waals surface area contributed by atoms with Gasteiger partial charge in [0.1, 0.15) is 18.2 Å². The number of hydrogen-bond donors (Lipinski definition) is 1. The third-order valence-corrected chi connectivity index (χ3v) is 4.16. The zero-order valence-corrected chi connectivity index (χ0v) is 14.1. The molecule has 0 saturated carbocycles. The van der Waals surface area contributed by atoms with E-state index in [-0.39, 0.29) is 18.3 Å². The summed E-state index contributed by atoms with van der Waals surface area (Å²) >= 11 is 0. The minimum absolute atomic E-state index is 0.0421. The molecule has 0 aliphatic carbocycles. The van der Waals surface area contributed by atoms with E-state index in [0.717, 1.165) is 30.6 Å². The van der Waals surface area contributed by atoms with Crippen LogP contribution in [0.3, 0.4) is 0 Å². The van der Waals surface area contributed by atoms with E-state index < -0.39 is 5.91 Å². The van der Waals surface area contributed by atoms with Gasteiger partial charge >= 0.3 is 0 Å². The summed E-state index contributed by atoms with van der Waals surface area (Å²) in [6.07, 6.45) is 5.44. The smallest absolute Gasteiger partial charge is 0.262 e. The Kier molecular flexibility index (Phi) is 5.36. The summed E-state index contributed by atoms with van der Waals surface area (Å²) in [5.41, 5.74) is 1.66. The maximum absolute atomic E-state index is 12.2. The molecule has 2 aliphatic heterocycles. The number of carbonyl (C=O) groups is 1. The molecule has 0 aromatic heterocycles. The van der Waals surface area contributed by atoms with Crippen molar-refractivity contribution in [1.29, 1.82) is 5.26 Å². The first-order chi connectivity index (χ1) is 12.2. The molecule has 2 aliphatic rings. The van der Waals surface area contributed by atoms with E-state index in [4.69, 9.17) is 14.2 Å². The van der Waals surface area contributed by atoms with Crippen molar-refractivity contribution in [3.8, 4) is 17.6 Å². The molecule has 0 radical (unpaired) electrons. The number of benzene rings is 1. The molecule has 1 unspecified atom stereocenters. The SMILES string of the molecule is COc1cccc2c1OCC(C=C(C#N)C(=O)NCC1CCCO1)=C2. The van der Waals surface area contributed by atoms with Gasteiger partial charge in [-0.15, -0.1) is 0 Å². The highest BCUT2D eigenvalue weighted by Crippen LogP contribution is 2.35. The van der Waals surface area contributed by atoms with Crippen molar-refractivity contribution in [3.05, 3.63) is 41.0 Å². The van der Waals surface area contributed by atoms with Gasteiger partial charge in [0, 0.05) is 18.7 Å². The molecule has 1 amide bonds. The molecular formula is C19H20N2O4. The van der Waals surface area contributed by atoms with Crippen molar-refractivity contribution in [1.82, 2.24) is 5.32 Å². The Hall–Kier alpha value is -2.78. The number of methoxy groups -OCH3 is 1. The van der Waals surface area contributed by atoms with Crippen LogP contribution in [0, 0.1) is 11.3 Å². The molecule has 2 heterocycles. The van der Waals surface area contributed by atoms with Crippen molar-refractivity contribution in [2.75, 3.05) is 26.9 Å². The highest BCUT2D eigenvalue weighted by Gasteiger charge is 2.19. The number of para-hydroxylation sites is 1. The van der Waals surface area contributed by atoms with Crippen molar-refractivity contribution < 1.29 is 19.0 Å². The summed E-state index contributed by atoms with van der Waals surface area (Å²) in [6, 6.07) is 7.55. The Morgan fingerprint density at radius 2 is 2.40 bits per heavy atom. The summed E-state index contributed by atoms with van der Waals surface area (Å²) < 4.78 is 16.5. The van der Waals surface area contributed by atoms with E-state index in [1.54, 1.807) is 13.2 Å². The summed E-state index contributed by atoms with van der Waals surface area (Å²) in [6.45, 7) is 1.43. The van der Waals surface area contributed by atoms with Crippen LogP contribution in [0.15, 0.2) is 35.4 Å². The van der Waals surface area contributed by atoms with Crippen LogP contribution in [0.1, 0.15) is 18.4 Å². The topological polar surface area (TPSA) is 80.6 Å². The Balaban J connectivity index is 1.72.